The van der Waals surface area contributed by atoms with Crippen LogP contribution in [0.5, 0.6) is 5.88 Å². The summed E-state index contributed by atoms with van der Waals surface area (Å²) in [5.74, 6) is 0.348. The van der Waals surface area contributed by atoms with Crippen molar-refractivity contribution in [2.45, 2.75) is 20.8 Å². The molecule has 120 valence electrons. The maximum absolute atomic E-state index is 12.2. The summed E-state index contributed by atoms with van der Waals surface area (Å²) >= 11 is 0. The molecule has 2 aromatic rings. The van der Waals surface area contributed by atoms with E-state index in [0.717, 1.165) is 5.56 Å². The molecule has 0 saturated carbocycles. The van der Waals surface area contributed by atoms with Crippen molar-refractivity contribution in [3.63, 3.8) is 0 Å². The summed E-state index contributed by atoms with van der Waals surface area (Å²) in [7, 11) is 1.55. The molecule has 4 nitrogen and oxygen atoms in total. The molecule has 1 aromatic heterocycles. The zero-order chi connectivity index (χ0) is 16.9. The molecular formula is C19H22N2O2. The fourth-order valence-corrected chi connectivity index (χ4v) is 1.87. The summed E-state index contributed by atoms with van der Waals surface area (Å²) in [4.78, 5) is 16.3. The number of allylic oxidation sites excluding steroid dienone is 1. The number of rotatable bonds is 4. The van der Waals surface area contributed by atoms with Gasteiger partial charge in [0, 0.05) is 11.6 Å². The van der Waals surface area contributed by atoms with Crippen LogP contribution in [0, 0.1) is 5.41 Å². The molecule has 23 heavy (non-hydrogen) atoms. The van der Waals surface area contributed by atoms with Crippen LogP contribution in [0.15, 0.2) is 48.7 Å². The molecule has 0 aliphatic heterocycles. The number of amides is 1. The van der Waals surface area contributed by atoms with Gasteiger partial charge in [-0.2, -0.15) is 0 Å². The Hall–Kier alpha value is -2.62. The Kier molecular flexibility index (Phi) is 5.16. The van der Waals surface area contributed by atoms with Gasteiger partial charge in [-0.1, -0.05) is 45.1 Å². The van der Waals surface area contributed by atoms with Crippen molar-refractivity contribution in [3.8, 4) is 5.88 Å². The predicted molar refractivity (Wildman–Crippen MR) is 93.7 cm³/mol. The monoisotopic (exact) mass is 310 g/mol. The van der Waals surface area contributed by atoms with Crippen molar-refractivity contribution < 1.29 is 9.53 Å². The molecule has 1 aromatic carbocycles. The summed E-state index contributed by atoms with van der Waals surface area (Å²) in [6.45, 7) is 6.44. The van der Waals surface area contributed by atoms with Gasteiger partial charge in [-0.25, -0.2) is 4.98 Å². The highest BCUT2D eigenvalue weighted by Gasteiger charge is 2.07. The number of hydrogen-bond donors (Lipinski definition) is 1. The third-order valence-corrected chi connectivity index (χ3v) is 3.15. The van der Waals surface area contributed by atoms with Gasteiger partial charge in [0.15, 0.2) is 0 Å². The van der Waals surface area contributed by atoms with Crippen molar-refractivity contribution >= 4 is 17.7 Å². The number of nitrogens with zero attached hydrogens (tertiary/aromatic N) is 1. The lowest BCUT2D eigenvalue weighted by atomic mass is 9.95. The predicted octanol–water partition coefficient (Wildman–Crippen LogP) is 4.40. The molecule has 0 aliphatic rings. The average molecular weight is 310 g/mol. The van der Waals surface area contributed by atoms with Crippen LogP contribution in [-0.4, -0.2) is 18.0 Å². The number of nitrogens with one attached hydrogen (secondary N) is 1. The van der Waals surface area contributed by atoms with E-state index in [4.69, 9.17) is 4.74 Å². The zero-order valence-electron chi connectivity index (χ0n) is 14.0. The van der Waals surface area contributed by atoms with E-state index in [2.05, 4.69) is 43.2 Å². The van der Waals surface area contributed by atoms with E-state index in [-0.39, 0.29) is 11.3 Å². The number of carbonyl (C=O) groups is 1. The van der Waals surface area contributed by atoms with Gasteiger partial charge in [-0.3, -0.25) is 4.79 Å². The Balaban J connectivity index is 2.03. The fraction of sp³-hybridized carbons (Fsp3) is 0.263. The molecule has 0 bridgehead atoms. The van der Waals surface area contributed by atoms with Crippen LogP contribution in [0.25, 0.3) is 6.08 Å². The normalized spacial score (nSPS) is 11.5. The first kappa shape index (κ1) is 16.7. The number of methoxy groups -OCH3 is 1. The second-order valence-corrected chi connectivity index (χ2v) is 6.36. The van der Waals surface area contributed by atoms with Gasteiger partial charge in [0.05, 0.1) is 19.0 Å². The molecule has 0 aliphatic carbocycles. The second kappa shape index (κ2) is 7.09. The molecule has 1 amide bonds. The fourth-order valence-electron chi connectivity index (χ4n) is 1.87. The Bertz CT molecular complexity index is 681. The van der Waals surface area contributed by atoms with E-state index < -0.39 is 0 Å². The molecule has 0 spiro atoms. The van der Waals surface area contributed by atoms with Gasteiger partial charge in [-0.15, -0.1) is 0 Å². The number of aromatic nitrogens is 1. The quantitative estimate of drug-likeness (QED) is 0.910. The number of benzene rings is 1. The highest BCUT2D eigenvalue weighted by Crippen LogP contribution is 2.18. The molecule has 0 unspecified atom stereocenters. The SMILES string of the molecule is COc1ccc(NC(=O)c2ccc(C=CC(C)(C)C)cc2)cn1. The first-order valence-electron chi connectivity index (χ1n) is 7.48. The number of hydrogen-bond acceptors (Lipinski definition) is 3. The van der Waals surface area contributed by atoms with Crippen LogP contribution < -0.4 is 10.1 Å². The third kappa shape index (κ3) is 5.25. The zero-order valence-corrected chi connectivity index (χ0v) is 14.0. The third-order valence-electron chi connectivity index (χ3n) is 3.15. The highest BCUT2D eigenvalue weighted by molar-refractivity contribution is 6.04. The summed E-state index contributed by atoms with van der Waals surface area (Å²) in [6, 6.07) is 11.0. The van der Waals surface area contributed by atoms with Crippen LogP contribution in [0.4, 0.5) is 5.69 Å². The Morgan fingerprint density at radius 1 is 1.13 bits per heavy atom. The Labute approximate surface area is 137 Å². The summed E-state index contributed by atoms with van der Waals surface area (Å²) in [6.07, 6.45) is 5.78. The van der Waals surface area contributed by atoms with Crippen LogP contribution in [0.1, 0.15) is 36.7 Å². The summed E-state index contributed by atoms with van der Waals surface area (Å²) in [5, 5.41) is 2.81. The minimum atomic E-state index is -0.164. The maximum Gasteiger partial charge on any atom is 0.255 e. The van der Waals surface area contributed by atoms with E-state index in [1.807, 2.05) is 24.3 Å². The lowest BCUT2D eigenvalue weighted by Crippen LogP contribution is -2.11. The van der Waals surface area contributed by atoms with Crippen molar-refractivity contribution in [2.75, 3.05) is 12.4 Å². The van der Waals surface area contributed by atoms with Gasteiger partial charge >= 0.3 is 0 Å². The van der Waals surface area contributed by atoms with E-state index in [1.165, 1.54) is 0 Å². The number of anilines is 1. The molecule has 0 saturated heterocycles. The van der Waals surface area contributed by atoms with Gasteiger partial charge < -0.3 is 10.1 Å². The smallest absolute Gasteiger partial charge is 0.255 e. The molecule has 0 fully saturated rings. The average Bonchev–Trinajstić information content (AvgIpc) is 2.53. The number of pyridine rings is 1. The van der Waals surface area contributed by atoms with Gasteiger partial charge in [-0.05, 0) is 29.2 Å². The molecule has 0 radical (unpaired) electrons. The van der Waals surface area contributed by atoms with E-state index in [1.54, 1.807) is 25.4 Å². The van der Waals surface area contributed by atoms with Crippen LogP contribution in [-0.2, 0) is 0 Å². The highest BCUT2D eigenvalue weighted by atomic mass is 16.5. The minimum absolute atomic E-state index is 0.136. The van der Waals surface area contributed by atoms with E-state index in [9.17, 15) is 4.79 Å². The van der Waals surface area contributed by atoms with Gasteiger partial charge in [0.1, 0.15) is 0 Å². The number of ether oxygens (including phenoxy) is 1. The Morgan fingerprint density at radius 2 is 1.83 bits per heavy atom. The van der Waals surface area contributed by atoms with E-state index >= 15 is 0 Å². The topological polar surface area (TPSA) is 51.2 Å². The molecule has 2 rings (SSSR count). The molecule has 1 N–H and O–H groups in total. The molecule has 1 heterocycles. The first-order chi connectivity index (χ1) is 10.9. The van der Waals surface area contributed by atoms with Crippen molar-refractivity contribution in [3.05, 3.63) is 59.8 Å². The van der Waals surface area contributed by atoms with Gasteiger partial charge in [0.2, 0.25) is 5.88 Å². The van der Waals surface area contributed by atoms with Crippen LogP contribution >= 0.6 is 0 Å². The lowest BCUT2D eigenvalue weighted by molar-refractivity contribution is 0.102. The molecule has 0 atom stereocenters. The van der Waals surface area contributed by atoms with Crippen molar-refractivity contribution in [1.82, 2.24) is 4.98 Å². The van der Waals surface area contributed by atoms with Gasteiger partial charge in [0.25, 0.3) is 5.91 Å². The molecule has 4 heteroatoms. The molecular weight excluding hydrogens is 288 g/mol. The number of carbonyl (C=O) groups excluding carboxylic acids is 1. The van der Waals surface area contributed by atoms with E-state index in [0.29, 0.717) is 17.1 Å². The minimum Gasteiger partial charge on any atom is -0.481 e. The van der Waals surface area contributed by atoms with Crippen LogP contribution in [0.2, 0.25) is 0 Å². The maximum atomic E-state index is 12.2. The summed E-state index contributed by atoms with van der Waals surface area (Å²) < 4.78 is 4.99. The lowest BCUT2D eigenvalue weighted by Gasteiger charge is -2.11. The Morgan fingerprint density at radius 3 is 2.35 bits per heavy atom. The first-order valence-corrected chi connectivity index (χ1v) is 7.48. The second-order valence-electron chi connectivity index (χ2n) is 6.36. The standard InChI is InChI=1S/C19H22N2O2/c1-19(2,3)12-11-14-5-7-15(8-6-14)18(22)21-16-9-10-17(23-4)20-13-16/h5-13H,1-4H3,(H,21,22). The summed E-state index contributed by atoms with van der Waals surface area (Å²) in [5.41, 5.74) is 2.45. The van der Waals surface area contributed by atoms with Crippen molar-refractivity contribution in [2.24, 2.45) is 5.41 Å². The van der Waals surface area contributed by atoms with Crippen molar-refractivity contribution in [1.29, 1.82) is 0 Å². The van der Waals surface area contributed by atoms with Crippen LogP contribution in [0.3, 0.4) is 0 Å². The largest absolute Gasteiger partial charge is 0.481 e.